The van der Waals surface area contributed by atoms with Gasteiger partial charge in [-0.3, -0.25) is 0 Å². The Morgan fingerprint density at radius 2 is 2.50 bits per heavy atom. The van der Waals surface area contributed by atoms with Crippen LogP contribution in [0.25, 0.3) is 0 Å². The number of carboxylic acids is 1. The second-order valence-electron chi connectivity index (χ2n) is 3.84. The fourth-order valence-corrected chi connectivity index (χ4v) is 3.44. The summed E-state index contributed by atoms with van der Waals surface area (Å²) in [7, 11) is 0. The third-order valence-electron chi connectivity index (χ3n) is 3.33. The van der Waals surface area contributed by atoms with Crippen LogP contribution in [-0.2, 0) is 9.63 Å². The molecule has 2 aliphatic rings. The Morgan fingerprint density at radius 1 is 1.79 bits per heavy atom. The Balaban J connectivity index is 2.37. The Bertz CT molecular complexity index is 304. The Morgan fingerprint density at radius 3 is 3.07 bits per heavy atom. The number of nitrogens with zero attached hydrogens (tertiary/aromatic N) is 1. The van der Waals surface area contributed by atoms with Crippen LogP contribution in [0.3, 0.4) is 0 Å². The highest BCUT2D eigenvalue weighted by Crippen LogP contribution is 2.50. The largest absolute Gasteiger partial charge is 0.478 e. The molecule has 0 amide bonds. The molecule has 1 aliphatic carbocycles. The molecule has 0 radical (unpaired) electrons. The second-order valence-corrected chi connectivity index (χ2v) is 4.94. The van der Waals surface area contributed by atoms with E-state index < -0.39 is 11.6 Å². The molecular weight excluding hydrogens is 297 g/mol. The number of aliphatic carboxylic acids is 1. The molecule has 0 bridgehead atoms. The lowest BCUT2D eigenvalue weighted by Gasteiger charge is -2.27. The zero-order valence-electron chi connectivity index (χ0n) is 7.86. The van der Waals surface area contributed by atoms with Gasteiger partial charge in [-0.2, -0.15) is 0 Å². The normalized spacial score (nSPS) is 40.3. The average molecular weight is 309 g/mol. The number of carboxylic acid groups (broad SMARTS) is 1. The molecule has 0 aromatic heterocycles. The molecule has 1 fully saturated rings. The van der Waals surface area contributed by atoms with Crippen molar-refractivity contribution in [3.05, 3.63) is 0 Å². The van der Waals surface area contributed by atoms with Crippen LogP contribution in [0, 0.1) is 11.8 Å². The Hall–Kier alpha value is -0.330. The Kier molecular flexibility index (Phi) is 2.45. The number of fused-ring (bicyclic) bond motifs is 1. The van der Waals surface area contributed by atoms with Crippen molar-refractivity contribution in [3.8, 4) is 0 Å². The topological polar surface area (TPSA) is 58.9 Å². The number of carbonyl (C=O) groups is 1. The smallest absolute Gasteiger partial charge is 0.351 e. The van der Waals surface area contributed by atoms with E-state index >= 15 is 0 Å². The van der Waals surface area contributed by atoms with Gasteiger partial charge in [0.05, 0.1) is 5.92 Å². The van der Waals surface area contributed by atoms with Gasteiger partial charge in [0.25, 0.3) is 0 Å². The fourth-order valence-electron chi connectivity index (χ4n) is 2.57. The monoisotopic (exact) mass is 309 g/mol. The van der Waals surface area contributed by atoms with Crippen LogP contribution in [0.4, 0.5) is 0 Å². The minimum Gasteiger partial charge on any atom is -0.478 e. The molecule has 3 atom stereocenters. The molecule has 3 unspecified atom stereocenters. The fraction of sp³-hybridized carbons (Fsp3) is 0.778. The molecule has 2 rings (SSSR count). The molecule has 14 heavy (non-hydrogen) atoms. The average Bonchev–Trinajstić information content (AvgIpc) is 2.65. The van der Waals surface area contributed by atoms with Crippen LogP contribution >= 0.6 is 22.6 Å². The van der Waals surface area contributed by atoms with E-state index in [4.69, 9.17) is 4.84 Å². The van der Waals surface area contributed by atoms with Gasteiger partial charge in [-0.1, -0.05) is 12.1 Å². The molecule has 78 valence electrons. The van der Waals surface area contributed by atoms with E-state index in [1.165, 1.54) is 0 Å². The van der Waals surface area contributed by atoms with Crippen LogP contribution in [0.2, 0.25) is 0 Å². The summed E-state index contributed by atoms with van der Waals surface area (Å²) in [6.45, 7) is 2.01. The standard InChI is InChI=1S/C9H12INO3/c1-2-5-3-4-6-7(10)11-14-9(5,6)8(12)13/h5-6H,2-4H2,1H3,(H,12,13). The highest BCUT2D eigenvalue weighted by atomic mass is 127. The van der Waals surface area contributed by atoms with Crippen molar-refractivity contribution in [3.63, 3.8) is 0 Å². The molecule has 1 aliphatic heterocycles. The number of rotatable bonds is 2. The van der Waals surface area contributed by atoms with E-state index in [1.54, 1.807) is 0 Å². The number of hydrogen-bond donors (Lipinski definition) is 1. The summed E-state index contributed by atoms with van der Waals surface area (Å²) in [6.07, 6.45) is 2.64. The predicted molar refractivity (Wildman–Crippen MR) is 59.4 cm³/mol. The summed E-state index contributed by atoms with van der Waals surface area (Å²) < 4.78 is 0.806. The first-order valence-corrected chi connectivity index (χ1v) is 5.85. The van der Waals surface area contributed by atoms with E-state index in [1.807, 2.05) is 6.92 Å². The molecule has 1 heterocycles. The second kappa shape index (κ2) is 3.36. The molecule has 1 N–H and O–H groups in total. The maximum atomic E-state index is 11.3. The lowest BCUT2D eigenvalue weighted by atomic mass is 9.84. The highest BCUT2D eigenvalue weighted by molar-refractivity contribution is 14.1. The van der Waals surface area contributed by atoms with Crippen molar-refractivity contribution in [2.75, 3.05) is 0 Å². The van der Waals surface area contributed by atoms with Crippen LogP contribution < -0.4 is 0 Å². The van der Waals surface area contributed by atoms with Gasteiger partial charge >= 0.3 is 5.97 Å². The summed E-state index contributed by atoms with van der Waals surface area (Å²) in [5.41, 5.74) is -1.05. The molecule has 0 saturated heterocycles. The van der Waals surface area contributed by atoms with Gasteiger partial charge < -0.3 is 9.94 Å². The van der Waals surface area contributed by atoms with Gasteiger partial charge in [-0.25, -0.2) is 4.79 Å². The Labute approximate surface area is 95.8 Å². The molecule has 5 heteroatoms. The van der Waals surface area contributed by atoms with Crippen molar-refractivity contribution in [1.29, 1.82) is 0 Å². The van der Waals surface area contributed by atoms with Crippen molar-refractivity contribution in [2.24, 2.45) is 17.0 Å². The summed E-state index contributed by atoms with van der Waals surface area (Å²) >= 11 is 2.08. The highest BCUT2D eigenvalue weighted by Gasteiger charge is 2.62. The minimum atomic E-state index is -1.05. The quantitative estimate of drug-likeness (QED) is 0.794. The lowest BCUT2D eigenvalue weighted by molar-refractivity contribution is -0.171. The van der Waals surface area contributed by atoms with Crippen molar-refractivity contribution < 1.29 is 14.7 Å². The van der Waals surface area contributed by atoms with E-state index in [2.05, 4.69) is 27.7 Å². The number of halogens is 1. The number of oxime groups is 1. The predicted octanol–water partition coefficient (Wildman–Crippen LogP) is 2.02. The van der Waals surface area contributed by atoms with Gasteiger partial charge in [0, 0.05) is 5.92 Å². The van der Waals surface area contributed by atoms with E-state index in [9.17, 15) is 9.90 Å². The summed E-state index contributed by atoms with van der Waals surface area (Å²) in [6, 6.07) is 0. The zero-order chi connectivity index (χ0) is 10.3. The van der Waals surface area contributed by atoms with Crippen molar-refractivity contribution >= 4 is 32.3 Å². The summed E-state index contributed by atoms with van der Waals surface area (Å²) in [5.74, 6) is -0.783. The van der Waals surface area contributed by atoms with E-state index in [0.29, 0.717) is 0 Å². The first-order chi connectivity index (χ1) is 6.63. The van der Waals surface area contributed by atoms with E-state index in [0.717, 1.165) is 23.0 Å². The molecule has 1 saturated carbocycles. The summed E-state index contributed by atoms with van der Waals surface area (Å²) in [4.78, 5) is 16.5. The van der Waals surface area contributed by atoms with Crippen LogP contribution in [0.5, 0.6) is 0 Å². The molecule has 0 spiro atoms. The maximum Gasteiger partial charge on any atom is 0.351 e. The zero-order valence-corrected chi connectivity index (χ0v) is 10.0. The van der Waals surface area contributed by atoms with Gasteiger partial charge in [0.15, 0.2) is 0 Å². The van der Waals surface area contributed by atoms with Crippen molar-refractivity contribution in [1.82, 2.24) is 0 Å². The van der Waals surface area contributed by atoms with Crippen molar-refractivity contribution in [2.45, 2.75) is 31.8 Å². The molecule has 4 nitrogen and oxygen atoms in total. The minimum absolute atomic E-state index is 0.0226. The SMILES string of the molecule is CCC1CCC2C(I)=NOC12C(=O)O. The third kappa shape index (κ3) is 1.11. The van der Waals surface area contributed by atoms with Gasteiger partial charge in [0.2, 0.25) is 5.60 Å². The maximum absolute atomic E-state index is 11.3. The molecule has 0 aromatic rings. The van der Waals surface area contributed by atoms with Gasteiger partial charge in [-0.05, 0) is 41.9 Å². The van der Waals surface area contributed by atoms with Crippen LogP contribution in [-0.4, -0.2) is 20.4 Å². The third-order valence-corrected chi connectivity index (χ3v) is 4.28. The first-order valence-electron chi connectivity index (χ1n) is 4.77. The number of hydrogen-bond acceptors (Lipinski definition) is 3. The van der Waals surface area contributed by atoms with E-state index in [-0.39, 0.29) is 11.8 Å². The molecule has 0 aromatic carbocycles. The van der Waals surface area contributed by atoms with Gasteiger partial charge in [-0.15, -0.1) is 0 Å². The first kappa shape index (κ1) is 10.2. The summed E-state index contributed by atoms with van der Waals surface area (Å²) in [5, 5.41) is 13.1. The lowest BCUT2D eigenvalue weighted by Crippen LogP contribution is -2.47. The van der Waals surface area contributed by atoms with Gasteiger partial charge in [0.1, 0.15) is 3.72 Å². The molecular formula is C9H12INO3. The van der Waals surface area contributed by atoms with Crippen LogP contribution in [0.15, 0.2) is 5.16 Å². The van der Waals surface area contributed by atoms with Crippen LogP contribution in [0.1, 0.15) is 26.2 Å².